The molecule has 2 aromatic carbocycles. The molecule has 0 radical (unpaired) electrons. The smallest absolute Gasteiger partial charge is 0.318 e. The molecule has 1 N–H and O–H groups in total. The molecule has 146 valence electrons. The van der Waals surface area contributed by atoms with Crippen LogP contribution in [0.3, 0.4) is 0 Å². The van der Waals surface area contributed by atoms with Crippen LogP contribution in [0.25, 0.3) is 0 Å². The van der Waals surface area contributed by atoms with Gasteiger partial charge in [0.1, 0.15) is 12.4 Å². The summed E-state index contributed by atoms with van der Waals surface area (Å²) in [4.78, 5) is 29.0. The Labute approximate surface area is 165 Å². The molecule has 4 rings (SSSR count). The predicted molar refractivity (Wildman–Crippen MR) is 106 cm³/mol. The van der Waals surface area contributed by atoms with E-state index in [1.807, 2.05) is 53.4 Å². The lowest BCUT2D eigenvalue weighted by Crippen LogP contribution is -2.40. The minimum atomic E-state index is -0.128. The van der Waals surface area contributed by atoms with Crippen LogP contribution in [0.15, 0.2) is 48.5 Å². The van der Waals surface area contributed by atoms with Crippen molar-refractivity contribution in [2.24, 2.45) is 0 Å². The fraction of sp³-hybridized carbons (Fsp3) is 0.364. The monoisotopic (exact) mass is 379 g/mol. The summed E-state index contributed by atoms with van der Waals surface area (Å²) in [7, 11) is 0. The second-order valence-corrected chi connectivity index (χ2v) is 7.24. The number of carbonyl (C=O) groups is 2. The Morgan fingerprint density at radius 3 is 2.54 bits per heavy atom. The molecule has 2 aliphatic rings. The van der Waals surface area contributed by atoms with E-state index in [1.165, 1.54) is 0 Å². The maximum Gasteiger partial charge on any atom is 0.318 e. The number of carbonyl (C=O) groups excluding carboxylic acids is 2. The van der Waals surface area contributed by atoms with Crippen LogP contribution in [0.4, 0.5) is 4.79 Å². The summed E-state index contributed by atoms with van der Waals surface area (Å²) in [6.45, 7) is 3.49. The average Bonchev–Trinajstić information content (AvgIpc) is 3.18. The third kappa shape index (κ3) is 4.11. The Hall–Kier alpha value is -3.02. The fourth-order valence-electron chi connectivity index (χ4n) is 3.69. The highest BCUT2D eigenvalue weighted by Crippen LogP contribution is 2.25. The highest BCUT2D eigenvalue weighted by atomic mass is 16.5. The van der Waals surface area contributed by atoms with Crippen LogP contribution in [0.5, 0.6) is 5.75 Å². The van der Waals surface area contributed by atoms with E-state index < -0.39 is 0 Å². The van der Waals surface area contributed by atoms with Gasteiger partial charge in [-0.2, -0.15) is 0 Å². The molecule has 0 saturated carbocycles. The van der Waals surface area contributed by atoms with E-state index in [2.05, 4.69) is 5.32 Å². The van der Waals surface area contributed by atoms with Gasteiger partial charge in [-0.15, -0.1) is 0 Å². The number of hydrogen-bond acceptors (Lipinski definition) is 3. The summed E-state index contributed by atoms with van der Waals surface area (Å²) in [5, 5.41) is 2.97. The number of hydrogen-bond donors (Lipinski definition) is 1. The Balaban J connectivity index is 1.45. The van der Waals surface area contributed by atoms with Crippen LogP contribution in [0, 0.1) is 0 Å². The number of rotatable bonds is 3. The van der Waals surface area contributed by atoms with Gasteiger partial charge in [0, 0.05) is 30.8 Å². The van der Waals surface area contributed by atoms with Gasteiger partial charge in [-0.1, -0.05) is 30.3 Å². The number of fused-ring (bicyclic) bond motifs is 1. The minimum Gasteiger partial charge on any atom is -0.491 e. The predicted octanol–water partition coefficient (Wildman–Crippen LogP) is 3.03. The lowest BCUT2D eigenvalue weighted by molar-refractivity contribution is 0.0792. The molecular formula is C22H25N3O3. The highest BCUT2D eigenvalue weighted by molar-refractivity contribution is 5.94. The zero-order chi connectivity index (χ0) is 19.3. The van der Waals surface area contributed by atoms with Crippen LogP contribution in [0.2, 0.25) is 0 Å². The van der Waals surface area contributed by atoms with Crippen molar-refractivity contribution in [2.75, 3.05) is 26.2 Å². The molecule has 2 heterocycles. The lowest BCUT2D eigenvalue weighted by atomic mass is 10.1. The van der Waals surface area contributed by atoms with Crippen LogP contribution >= 0.6 is 0 Å². The maximum atomic E-state index is 12.7. The van der Waals surface area contributed by atoms with Crippen LogP contribution in [-0.2, 0) is 13.1 Å². The minimum absolute atomic E-state index is 0.0598. The van der Waals surface area contributed by atoms with E-state index in [0.717, 1.165) is 42.8 Å². The fourth-order valence-corrected chi connectivity index (χ4v) is 3.69. The van der Waals surface area contributed by atoms with E-state index in [0.29, 0.717) is 31.8 Å². The summed E-state index contributed by atoms with van der Waals surface area (Å²) in [5.74, 6) is 0.806. The zero-order valence-electron chi connectivity index (χ0n) is 15.9. The number of nitrogens with one attached hydrogen (secondary N) is 1. The lowest BCUT2D eigenvalue weighted by Gasteiger charge is -2.21. The molecule has 0 bridgehead atoms. The van der Waals surface area contributed by atoms with Crippen molar-refractivity contribution in [3.8, 4) is 5.75 Å². The normalized spacial score (nSPS) is 16.1. The number of amides is 3. The van der Waals surface area contributed by atoms with Crippen molar-refractivity contribution in [2.45, 2.75) is 25.9 Å². The summed E-state index contributed by atoms with van der Waals surface area (Å²) >= 11 is 0. The van der Waals surface area contributed by atoms with Gasteiger partial charge in [-0.05, 0) is 36.6 Å². The standard InChI is InChI=1S/C22H25N3O3/c26-21(24-10-4-5-11-24)18-8-9-20-19(14-18)16-25(12-13-28-20)22(27)23-15-17-6-2-1-3-7-17/h1-3,6-9,14H,4-5,10-13,15-16H2,(H,23,27). The van der Waals surface area contributed by atoms with Gasteiger partial charge in [0.05, 0.1) is 13.1 Å². The van der Waals surface area contributed by atoms with Crippen LogP contribution in [-0.4, -0.2) is 48.0 Å². The van der Waals surface area contributed by atoms with Crippen molar-refractivity contribution in [1.82, 2.24) is 15.1 Å². The van der Waals surface area contributed by atoms with E-state index in [-0.39, 0.29) is 11.9 Å². The molecule has 3 amide bonds. The van der Waals surface area contributed by atoms with E-state index in [9.17, 15) is 9.59 Å². The average molecular weight is 379 g/mol. The van der Waals surface area contributed by atoms with Gasteiger partial charge >= 0.3 is 6.03 Å². The summed E-state index contributed by atoms with van der Waals surface area (Å²) < 4.78 is 5.81. The van der Waals surface area contributed by atoms with Gasteiger partial charge in [0.2, 0.25) is 0 Å². The Morgan fingerprint density at radius 2 is 1.75 bits per heavy atom. The van der Waals surface area contributed by atoms with Gasteiger partial charge < -0.3 is 19.9 Å². The van der Waals surface area contributed by atoms with Gasteiger partial charge in [0.15, 0.2) is 0 Å². The van der Waals surface area contributed by atoms with Gasteiger partial charge in [0.25, 0.3) is 5.91 Å². The number of urea groups is 1. The van der Waals surface area contributed by atoms with Crippen molar-refractivity contribution in [1.29, 1.82) is 0 Å². The van der Waals surface area contributed by atoms with E-state index in [4.69, 9.17) is 4.74 Å². The third-order valence-corrected chi connectivity index (χ3v) is 5.25. The molecular weight excluding hydrogens is 354 g/mol. The van der Waals surface area contributed by atoms with Crippen molar-refractivity contribution in [3.05, 3.63) is 65.2 Å². The topological polar surface area (TPSA) is 61.9 Å². The third-order valence-electron chi connectivity index (χ3n) is 5.25. The second-order valence-electron chi connectivity index (χ2n) is 7.24. The summed E-state index contributed by atoms with van der Waals surface area (Å²) in [5.41, 5.74) is 2.59. The molecule has 28 heavy (non-hydrogen) atoms. The molecule has 6 heteroatoms. The van der Waals surface area contributed by atoms with Crippen molar-refractivity contribution >= 4 is 11.9 Å². The molecule has 1 saturated heterocycles. The van der Waals surface area contributed by atoms with Crippen LogP contribution in [0.1, 0.15) is 34.3 Å². The highest BCUT2D eigenvalue weighted by Gasteiger charge is 2.23. The number of ether oxygens (including phenoxy) is 1. The molecule has 0 unspecified atom stereocenters. The first-order valence-corrected chi connectivity index (χ1v) is 9.82. The van der Waals surface area contributed by atoms with Crippen LogP contribution < -0.4 is 10.1 Å². The summed E-state index contributed by atoms with van der Waals surface area (Å²) in [6.07, 6.45) is 2.13. The quantitative estimate of drug-likeness (QED) is 0.892. The molecule has 0 aromatic heterocycles. The number of likely N-dealkylation sites (tertiary alicyclic amines) is 1. The molecule has 0 spiro atoms. The molecule has 0 atom stereocenters. The maximum absolute atomic E-state index is 12.7. The largest absolute Gasteiger partial charge is 0.491 e. The van der Waals surface area contributed by atoms with E-state index >= 15 is 0 Å². The summed E-state index contributed by atoms with van der Waals surface area (Å²) in [6, 6.07) is 15.3. The number of benzene rings is 2. The SMILES string of the molecule is O=C(NCc1ccccc1)N1CCOc2ccc(C(=O)N3CCCC3)cc2C1. The molecule has 0 aliphatic carbocycles. The first-order chi connectivity index (χ1) is 13.7. The van der Waals surface area contributed by atoms with Crippen molar-refractivity contribution < 1.29 is 14.3 Å². The molecule has 2 aromatic rings. The Kier molecular flexibility index (Phi) is 5.46. The van der Waals surface area contributed by atoms with Gasteiger partial charge in [-0.3, -0.25) is 4.79 Å². The van der Waals surface area contributed by atoms with Gasteiger partial charge in [-0.25, -0.2) is 4.79 Å². The molecule has 1 fully saturated rings. The Bertz CT molecular complexity index is 847. The van der Waals surface area contributed by atoms with E-state index in [1.54, 1.807) is 4.90 Å². The zero-order valence-corrected chi connectivity index (χ0v) is 15.9. The molecule has 6 nitrogen and oxygen atoms in total. The first-order valence-electron chi connectivity index (χ1n) is 9.82. The second kappa shape index (κ2) is 8.33. The first kappa shape index (κ1) is 18.3. The Morgan fingerprint density at radius 1 is 0.964 bits per heavy atom. The van der Waals surface area contributed by atoms with Crippen molar-refractivity contribution in [3.63, 3.8) is 0 Å². The molecule has 2 aliphatic heterocycles. The number of nitrogens with zero attached hydrogens (tertiary/aromatic N) is 2.